The Bertz CT molecular complexity index is 1330. The summed E-state index contributed by atoms with van der Waals surface area (Å²) in [7, 11) is 0. The molecule has 3 heterocycles. The largest absolute Gasteiger partial charge is 0.450 e. The lowest BCUT2D eigenvalue weighted by Gasteiger charge is -2.34. The van der Waals surface area contributed by atoms with Crippen molar-refractivity contribution in [3.05, 3.63) is 74.6 Å². The first-order valence-electron chi connectivity index (χ1n) is 11.0. The third-order valence-electron chi connectivity index (χ3n) is 6.38. The number of nitrogens with zero attached hydrogens (tertiary/aromatic N) is 2. The van der Waals surface area contributed by atoms with Gasteiger partial charge in [0.25, 0.3) is 11.8 Å². The third kappa shape index (κ3) is 2.56. The van der Waals surface area contributed by atoms with Gasteiger partial charge < -0.3 is 14.2 Å². The molecule has 2 aromatic carbocycles. The maximum absolute atomic E-state index is 14.1. The van der Waals surface area contributed by atoms with E-state index in [0.717, 1.165) is 18.5 Å². The van der Waals surface area contributed by atoms with Crippen molar-refractivity contribution in [2.24, 2.45) is 0 Å². The monoisotopic (exact) mass is 450 g/mol. The van der Waals surface area contributed by atoms with E-state index in [-0.39, 0.29) is 28.2 Å². The standard InChI is InChI=1S/C25H23ClN2O4/c1-3-5-13-28-23(30)22-20(21(29)16-14-15(26)10-11-19(16)32-22)25(28)17-8-6-7-9-18(17)27(12-4-2)24(25)31/h6-11,14H,3-5,12-13H2,1-2H3. The number of anilines is 1. The third-order valence-corrected chi connectivity index (χ3v) is 6.62. The molecule has 164 valence electrons. The maximum atomic E-state index is 14.1. The Kier molecular flexibility index (Phi) is 4.86. The van der Waals surface area contributed by atoms with E-state index in [1.807, 2.05) is 38.1 Å². The highest BCUT2D eigenvalue weighted by Gasteiger charge is 2.64. The molecule has 3 aromatic rings. The van der Waals surface area contributed by atoms with Crippen LogP contribution in [0.5, 0.6) is 0 Å². The van der Waals surface area contributed by atoms with E-state index in [1.54, 1.807) is 21.9 Å². The number of unbranched alkanes of at least 4 members (excludes halogenated alkanes) is 1. The van der Waals surface area contributed by atoms with Gasteiger partial charge in [0, 0.05) is 23.7 Å². The molecule has 0 bridgehead atoms. The summed E-state index contributed by atoms with van der Waals surface area (Å²) in [5.41, 5.74) is -0.155. The fourth-order valence-electron chi connectivity index (χ4n) is 5.02. The molecule has 0 N–H and O–H groups in total. The molecule has 1 spiro atoms. The minimum atomic E-state index is -1.52. The smallest absolute Gasteiger partial charge is 0.291 e. The van der Waals surface area contributed by atoms with Crippen molar-refractivity contribution in [3.8, 4) is 0 Å². The molecular weight excluding hydrogens is 428 g/mol. The van der Waals surface area contributed by atoms with Crippen LogP contribution in [0.15, 0.2) is 51.7 Å². The fourth-order valence-corrected chi connectivity index (χ4v) is 5.20. The summed E-state index contributed by atoms with van der Waals surface area (Å²) in [6, 6.07) is 12.1. The van der Waals surface area contributed by atoms with Crippen molar-refractivity contribution in [3.63, 3.8) is 0 Å². The second kappa shape index (κ2) is 7.48. The molecule has 0 fully saturated rings. The highest BCUT2D eigenvalue weighted by atomic mass is 35.5. The van der Waals surface area contributed by atoms with Crippen LogP contribution >= 0.6 is 11.6 Å². The van der Waals surface area contributed by atoms with Gasteiger partial charge in [-0.05, 0) is 37.1 Å². The lowest BCUT2D eigenvalue weighted by Crippen LogP contribution is -2.53. The van der Waals surface area contributed by atoms with Crippen molar-refractivity contribution in [1.29, 1.82) is 0 Å². The number of amides is 2. The van der Waals surface area contributed by atoms with E-state index >= 15 is 0 Å². The molecule has 0 radical (unpaired) electrons. The zero-order valence-electron chi connectivity index (χ0n) is 18.0. The van der Waals surface area contributed by atoms with Crippen LogP contribution in [0.2, 0.25) is 5.02 Å². The number of carbonyl (C=O) groups excluding carboxylic acids is 2. The van der Waals surface area contributed by atoms with Gasteiger partial charge in [-0.3, -0.25) is 14.4 Å². The highest BCUT2D eigenvalue weighted by molar-refractivity contribution is 6.31. The van der Waals surface area contributed by atoms with E-state index in [9.17, 15) is 14.4 Å². The molecule has 7 heteroatoms. The van der Waals surface area contributed by atoms with Gasteiger partial charge in [-0.1, -0.05) is 50.1 Å². The Morgan fingerprint density at radius 2 is 1.78 bits per heavy atom. The summed E-state index contributed by atoms with van der Waals surface area (Å²) in [6.45, 7) is 4.85. The summed E-state index contributed by atoms with van der Waals surface area (Å²) in [4.78, 5) is 44.9. The number of fused-ring (bicyclic) bond motifs is 5. The molecule has 2 aliphatic rings. The van der Waals surface area contributed by atoms with Gasteiger partial charge in [-0.25, -0.2) is 0 Å². The zero-order chi connectivity index (χ0) is 22.6. The topological polar surface area (TPSA) is 70.8 Å². The summed E-state index contributed by atoms with van der Waals surface area (Å²) >= 11 is 6.16. The summed E-state index contributed by atoms with van der Waals surface area (Å²) < 4.78 is 5.99. The Labute approximate surface area is 190 Å². The molecular formula is C25H23ClN2O4. The Morgan fingerprint density at radius 1 is 1.00 bits per heavy atom. The number of carbonyl (C=O) groups is 2. The molecule has 2 amide bonds. The van der Waals surface area contributed by atoms with Crippen LogP contribution in [0.1, 0.15) is 54.8 Å². The van der Waals surface area contributed by atoms with Gasteiger partial charge in [0.15, 0.2) is 11.0 Å². The second-order valence-corrected chi connectivity index (χ2v) is 8.71. The molecule has 5 rings (SSSR count). The molecule has 1 unspecified atom stereocenters. The highest BCUT2D eigenvalue weighted by Crippen LogP contribution is 2.52. The van der Waals surface area contributed by atoms with Crippen LogP contribution in [0.4, 0.5) is 5.69 Å². The van der Waals surface area contributed by atoms with Crippen LogP contribution in [-0.2, 0) is 10.3 Å². The predicted molar refractivity (Wildman–Crippen MR) is 123 cm³/mol. The quantitative estimate of drug-likeness (QED) is 0.564. The van der Waals surface area contributed by atoms with Crippen molar-refractivity contribution in [1.82, 2.24) is 4.90 Å². The lowest BCUT2D eigenvalue weighted by molar-refractivity contribution is -0.126. The van der Waals surface area contributed by atoms with Gasteiger partial charge in [-0.15, -0.1) is 0 Å². The van der Waals surface area contributed by atoms with Gasteiger partial charge in [0.1, 0.15) is 5.58 Å². The average Bonchev–Trinajstić information content (AvgIpc) is 3.18. The molecule has 0 saturated heterocycles. The molecule has 6 nitrogen and oxygen atoms in total. The van der Waals surface area contributed by atoms with Crippen LogP contribution in [0.25, 0.3) is 11.0 Å². The first kappa shape index (κ1) is 20.8. The Morgan fingerprint density at radius 3 is 2.53 bits per heavy atom. The number of halogens is 1. The number of hydrogen-bond acceptors (Lipinski definition) is 4. The van der Waals surface area contributed by atoms with E-state index in [1.165, 1.54) is 6.07 Å². The van der Waals surface area contributed by atoms with Gasteiger partial charge in [-0.2, -0.15) is 0 Å². The van der Waals surface area contributed by atoms with E-state index in [2.05, 4.69) is 0 Å². The number of rotatable bonds is 5. The number of hydrogen-bond donors (Lipinski definition) is 0. The minimum absolute atomic E-state index is 0.0533. The van der Waals surface area contributed by atoms with Crippen molar-refractivity contribution < 1.29 is 14.0 Å². The molecule has 1 aromatic heterocycles. The molecule has 1 atom stereocenters. The average molecular weight is 451 g/mol. The number of para-hydroxylation sites is 1. The van der Waals surface area contributed by atoms with E-state index in [0.29, 0.717) is 30.1 Å². The second-order valence-electron chi connectivity index (χ2n) is 8.27. The van der Waals surface area contributed by atoms with Crippen LogP contribution in [0.3, 0.4) is 0 Å². The lowest BCUT2D eigenvalue weighted by atomic mass is 9.84. The van der Waals surface area contributed by atoms with Gasteiger partial charge in [0.05, 0.1) is 16.6 Å². The zero-order valence-corrected chi connectivity index (χ0v) is 18.7. The van der Waals surface area contributed by atoms with Gasteiger partial charge >= 0.3 is 0 Å². The fraction of sp³-hybridized carbons (Fsp3) is 0.320. The minimum Gasteiger partial charge on any atom is -0.450 e. The maximum Gasteiger partial charge on any atom is 0.291 e. The first-order chi connectivity index (χ1) is 15.5. The number of benzene rings is 2. The van der Waals surface area contributed by atoms with Gasteiger partial charge in [0.2, 0.25) is 5.76 Å². The predicted octanol–water partition coefficient (Wildman–Crippen LogP) is 4.70. The normalized spacial score (nSPS) is 19.3. The molecule has 0 saturated carbocycles. The molecule has 2 aliphatic heterocycles. The van der Waals surface area contributed by atoms with Crippen molar-refractivity contribution >= 4 is 40.1 Å². The summed E-state index contributed by atoms with van der Waals surface area (Å²) in [5, 5.41) is 0.650. The van der Waals surface area contributed by atoms with E-state index < -0.39 is 16.9 Å². The van der Waals surface area contributed by atoms with E-state index in [4.69, 9.17) is 16.0 Å². The molecule has 0 aliphatic carbocycles. The van der Waals surface area contributed by atoms with Crippen LogP contribution < -0.4 is 10.3 Å². The summed E-state index contributed by atoms with van der Waals surface area (Å²) in [5.74, 6) is -0.760. The van der Waals surface area contributed by atoms with Crippen LogP contribution in [-0.4, -0.2) is 29.8 Å². The van der Waals surface area contributed by atoms with Crippen molar-refractivity contribution in [2.75, 3.05) is 18.0 Å². The Hall–Kier alpha value is -3.12. The molecule has 32 heavy (non-hydrogen) atoms. The Balaban J connectivity index is 1.90. The van der Waals surface area contributed by atoms with Crippen molar-refractivity contribution in [2.45, 2.75) is 38.6 Å². The SMILES string of the molecule is CCCCN1C(=O)c2oc3ccc(Cl)cc3c(=O)c2C12C(=O)N(CCC)c1ccccc12. The first-order valence-corrected chi connectivity index (χ1v) is 11.3. The summed E-state index contributed by atoms with van der Waals surface area (Å²) in [6.07, 6.45) is 2.28. The van der Waals surface area contributed by atoms with Crippen LogP contribution in [0, 0.1) is 0 Å².